The van der Waals surface area contributed by atoms with Gasteiger partial charge < -0.3 is 10.6 Å². The minimum atomic E-state index is -0.297. The first-order valence-corrected chi connectivity index (χ1v) is 4.54. The highest BCUT2D eigenvalue weighted by atomic mass is 79.9. The van der Waals surface area contributed by atoms with Gasteiger partial charge in [0.2, 0.25) is 5.91 Å². The fourth-order valence-electron chi connectivity index (χ4n) is 1.61. The van der Waals surface area contributed by atoms with Crippen LogP contribution in [0.1, 0.15) is 11.1 Å². The summed E-state index contributed by atoms with van der Waals surface area (Å²) in [6.45, 7) is 1.04. The molecular weight excluding hydrogens is 256 g/mol. The van der Waals surface area contributed by atoms with E-state index in [1.54, 1.807) is 0 Å². The quantitative estimate of drug-likeness (QED) is 0.885. The summed E-state index contributed by atoms with van der Waals surface area (Å²) in [6, 6.07) is 8.13. The summed E-state index contributed by atoms with van der Waals surface area (Å²) in [5.41, 5.74) is 7.58. The summed E-state index contributed by atoms with van der Waals surface area (Å²) in [5.74, 6) is -0.297. The third-order valence-corrected chi connectivity index (χ3v) is 2.25. The van der Waals surface area contributed by atoms with E-state index >= 15 is 0 Å². The van der Waals surface area contributed by atoms with Gasteiger partial charge in [-0.3, -0.25) is 4.79 Å². The van der Waals surface area contributed by atoms with Crippen LogP contribution in [0.5, 0.6) is 0 Å². The van der Waals surface area contributed by atoms with Gasteiger partial charge >= 0.3 is 0 Å². The first kappa shape index (κ1) is 11.8. The molecule has 0 bridgehead atoms. The summed E-state index contributed by atoms with van der Waals surface area (Å²) in [5, 5.41) is 0. The Hall–Kier alpha value is -1.29. The molecule has 0 radical (unpaired) electrons. The molecule has 2 N–H and O–H groups in total. The van der Waals surface area contributed by atoms with E-state index in [0.717, 1.165) is 6.54 Å². The zero-order valence-electron chi connectivity index (χ0n) is 8.22. The molecule has 0 saturated heterocycles. The number of halogens is 1. The molecule has 4 heteroatoms. The van der Waals surface area contributed by atoms with Crippen LogP contribution in [-0.4, -0.2) is 17.4 Å². The number of nitrogens with two attached hydrogens (primary N) is 1. The smallest absolute Gasteiger partial charge is 0.236 e. The Kier molecular flexibility index (Phi) is 3.91. The lowest BCUT2D eigenvalue weighted by Gasteiger charge is -2.23. The van der Waals surface area contributed by atoms with E-state index in [1.807, 2.05) is 29.3 Å². The van der Waals surface area contributed by atoms with Crippen molar-refractivity contribution in [2.24, 2.45) is 5.73 Å². The highest BCUT2D eigenvalue weighted by Gasteiger charge is 2.10. The lowest BCUT2D eigenvalue weighted by molar-refractivity contribution is -0.118. The topological polar surface area (TPSA) is 46.3 Å². The number of hydrogen-bond donors (Lipinski definition) is 1. The maximum absolute atomic E-state index is 10.7. The van der Waals surface area contributed by atoms with Crippen LogP contribution < -0.4 is 5.73 Å². The van der Waals surface area contributed by atoms with Gasteiger partial charge in [-0.05, 0) is 17.2 Å². The first-order valence-electron chi connectivity index (χ1n) is 4.54. The van der Waals surface area contributed by atoms with Crippen LogP contribution in [0.15, 0.2) is 30.5 Å². The number of rotatable bonds is 2. The van der Waals surface area contributed by atoms with Crippen LogP contribution in [0.2, 0.25) is 0 Å². The molecule has 0 aromatic heterocycles. The molecule has 3 nitrogen and oxygen atoms in total. The van der Waals surface area contributed by atoms with Crippen molar-refractivity contribution in [2.45, 2.75) is 6.54 Å². The molecular formula is C11H13BrN2O. The molecule has 15 heavy (non-hydrogen) atoms. The molecule has 0 fully saturated rings. The van der Waals surface area contributed by atoms with E-state index in [4.69, 9.17) is 5.73 Å². The van der Waals surface area contributed by atoms with Crippen LogP contribution in [0.25, 0.3) is 6.08 Å². The Morgan fingerprint density at radius 1 is 1.40 bits per heavy atom. The van der Waals surface area contributed by atoms with E-state index < -0.39 is 0 Å². The predicted octanol–water partition coefficient (Wildman–Crippen LogP) is 1.54. The number of carbonyl (C=O) groups excluding carboxylic acids is 1. The van der Waals surface area contributed by atoms with Gasteiger partial charge in [0, 0.05) is 12.7 Å². The standard InChI is InChI=1S/C11H12N2O.BrH/c12-11(14)8-13-6-5-9-3-1-2-4-10(9)7-13;/h1-6H,7-8H2,(H2,12,14);1H. The molecule has 80 valence electrons. The van der Waals surface area contributed by atoms with Gasteiger partial charge in [-0.15, -0.1) is 17.0 Å². The monoisotopic (exact) mass is 268 g/mol. The fourth-order valence-corrected chi connectivity index (χ4v) is 1.61. The largest absolute Gasteiger partial charge is 0.368 e. The number of fused-ring (bicyclic) bond motifs is 1. The summed E-state index contributed by atoms with van der Waals surface area (Å²) in [7, 11) is 0. The Labute approximate surface area is 99.3 Å². The molecule has 0 aliphatic carbocycles. The van der Waals surface area contributed by atoms with Crippen LogP contribution >= 0.6 is 17.0 Å². The van der Waals surface area contributed by atoms with Crippen molar-refractivity contribution >= 4 is 29.0 Å². The van der Waals surface area contributed by atoms with E-state index in [1.165, 1.54) is 11.1 Å². The molecule has 1 heterocycles. The molecule has 1 amide bonds. The van der Waals surface area contributed by atoms with Crippen LogP contribution in [0.4, 0.5) is 0 Å². The molecule has 0 spiro atoms. The third-order valence-electron chi connectivity index (χ3n) is 2.25. The number of hydrogen-bond acceptors (Lipinski definition) is 2. The highest BCUT2D eigenvalue weighted by Crippen LogP contribution is 2.18. The summed E-state index contributed by atoms with van der Waals surface area (Å²) in [6.07, 6.45) is 3.91. The van der Waals surface area contributed by atoms with Crippen molar-refractivity contribution in [3.05, 3.63) is 41.6 Å². The molecule has 0 unspecified atom stereocenters. The second-order valence-corrected chi connectivity index (χ2v) is 3.39. The average Bonchev–Trinajstić information content (AvgIpc) is 2.17. The second-order valence-electron chi connectivity index (χ2n) is 3.39. The minimum Gasteiger partial charge on any atom is -0.368 e. The Bertz CT molecular complexity index is 390. The van der Waals surface area contributed by atoms with Gasteiger partial charge in [0.1, 0.15) is 0 Å². The maximum atomic E-state index is 10.7. The molecule has 1 aliphatic rings. The van der Waals surface area contributed by atoms with Crippen molar-refractivity contribution in [1.82, 2.24) is 4.90 Å². The Balaban J connectivity index is 0.00000112. The van der Waals surface area contributed by atoms with E-state index in [9.17, 15) is 4.79 Å². The number of amides is 1. The van der Waals surface area contributed by atoms with Crippen molar-refractivity contribution in [2.75, 3.05) is 6.54 Å². The van der Waals surface area contributed by atoms with Gasteiger partial charge in [-0.25, -0.2) is 0 Å². The van der Waals surface area contributed by atoms with Crippen LogP contribution in [0, 0.1) is 0 Å². The number of carbonyl (C=O) groups is 1. The summed E-state index contributed by atoms with van der Waals surface area (Å²) < 4.78 is 0. The van der Waals surface area contributed by atoms with Gasteiger partial charge in [-0.1, -0.05) is 24.3 Å². The van der Waals surface area contributed by atoms with Crippen LogP contribution in [-0.2, 0) is 11.3 Å². The number of primary amides is 1. The van der Waals surface area contributed by atoms with E-state index in [2.05, 4.69) is 12.1 Å². The predicted molar refractivity (Wildman–Crippen MR) is 65.4 cm³/mol. The Morgan fingerprint density at radius 3 is 2.87 bits per heavy atom. The number of nitrogens with zero attached hydrogens (tertiary/aromatic N) is 1. The molecule has 1 aliphatic heterocycles. The summed E-state index contributed by atoms with van der Waals surface area (Å²) in [4.78, 5) is 12.6. The highest BCUT2D eigenvalue weighted by molar-refractivity contribution is 8.93. The van der Waals surface area contributed by atoms with Crippen LogP contribution in [0.3, 0.4) is 0 Å². The summed E-state index contributed by atoms with van der Waals surface area (Å²) >= 11 is 0. The third kappa shape index (κ3) is 2.83. The molecule has 1 aromatic rings. The lowest BCUT2D eigenvalue weighted by atomic mass is 10.0. The maximum Gasteiger partial charge on any atom is 0.236 e. The first-order chi connectivity index (χ1) is 6.75. The Morgan fingerprint density at radius 2 is 2.13 bits per heavy atom. The van der Waals surface area contributed by atoms with Gasteiger partial charge in [0.25, 0.3) is 0 Å². The average molecular weight is 269 g/mol. The van der Waals surface area contributed by atoms with E-state index in [-0.39, 0.29) is 29.4 Å². The molecule has 1 aromatic carbocycles. The SMILES string of the molecule is Br.NC(=O)CN1C=Cc2ccccc2C1. The van der Waals surface area contributed by atoms with Gasteiger partial charge in [0.05, 0.1) is 6.54 Å². The van der Waals surface area contributed by atoms with Crippen molar-refractivity contribution in [3.63, 3.8) is 0 Å². The number of benzene rings is 1. The molecule has 0 saturated carbocycles. The minimum absolute atomic E-state index is 0. The van der Waals surface area contributed by atoms with Crippen molar-refractivity contribution in [3.8, 4) is 0 Å². The fraction of sp³-hybridized carbons (Fsp3) is 0.182. The van der Waals surface area contributed by atoms with Crippen molar-refractivity contribution in [1.29, 1.82) is 0 Å². The van der Waals surface area contributed by atoms with Gasteiger partial charge in [0.15, 0.2) is 0 Å². The second kappa shape index (κ2) is 4.98. The molecule has 2 rings (SSSR count). The van der Waals surface area contributed by atoms with Gasteiger partial charge in [-0.2, -0.15) is 0 Å². The zero-order valence-corrected chi connectivity index (χ0v) is 9.93. The van der Waals surface area contributed by atoms with E-state index in [0.29, 0.717) is 0 Å². The zero-order chi connectivity index (χ0) is 9.97. The normalized spacial score (nSPS) is 12.9. The molecule has 0 atom stereocenters. The van der Waals surface area contributed by atoms with Crippen molar-refractivity contribution < 1.29 is 4.79 Å². The lowest BCUT2D eigenvalue weighted by Crippen LogP contribution is -2.30.